The van der Waals surface area contributed by atoms with Crippen LogP contribution in [0.15, 0.2) is 0 Å². The van der Waals surface area contributed by atoms with Crippen LogP contribution >= 0.6 is 0 Å². The Bertz CT molecular complexity index is 188. The second-order valence-electron chi connectivity index (χ2n) is 3.00. The summed E-state index contributed by atoms with van der Waals surface area (Å²) in [7, 11) is 0.968. The molecule has 0 aliphatic carbocycles. The first-order chi connectivity index (χ1) is 6.09. The number of alkyl halides is 2. The van der Waals surface area contributed by atoms with Gasteiger partial charge in [-0.3, -0.25) is 0 Å². The van der Waals surface area contributed by atoms with Crippen LogP contribution in [0.25, 0.3) is 0 Å². The molecule has 1 fully saturated rings. The molecule has 0 unspecified atom stereocenters. The largest absolute Gasteiger partial charge is 0.465 e. The Morgan fingerprint density at radius 3 is 2.46 bits per heavy atom. The van der Waals surface area contributed by atoms with Gasteiger partial charge in [0, 0.05) is 19.1 Å². The van der Waals surface area contributed by atoms with Crippen molar-refractivity contribution in [2.45, 2.75) is 18.8 Å². The number of carbonyl (C=O) groups excluding carboxylic acids is 1. The van der Waals surface area contributed by atoms with Crippen molar-refractivity contribution in [3.63, 3.8) is 0 Å². The van der Waals surface area contributed by atoms with Gasteiger partial charge in [-0.25, -0.2) is 4.79 Å². The molecule has 1 saturated heterocycles. The molecule has 0 N–H and O–H groups in total. The highest BCUT2D eigenvalue weighted by Crippen LogP contribution is 2.33. The van der Waals surface area contributed by atoms with Gasteiger partial charge in [0.25, 0.3) is 0 Å². The van der Waals surface area contributed by atoms with Crippen molar-refractivity contribution in [2.75, 3.05) is 20.3 Å². The van der Waals surface area contributed by atoms with Crippen LogP contribution in [-0.2, 0) is 14.3 Å². The summed E-state index contributed by atoms with van der Waals surface area (Å²) in [4.78, 5) is 10.7. The lowest BCUT2D eigenvalue weighted by Gasteiger charge is -2.27. The van der Waals surface area contributed by atoms with Gasteiger partial charge in [-0.2, -0.15) is 8.78 Å². The van der Waals surface area contributed by atoms with Crippen molar-refractivity contribution >= 4 is 5.97 Å². The lowest BCUT2D eigenvalue weighted by molar-refractivity contribution is -0.182. The quantitative estimate of drug-likeness (QED) is 0.620. The zero-order chi connectivity index (χ0) is 9.90. The number of hydrogen-bond acceptors (Lipinski definition) is 3. The molecule has 0 radical (unpaired) electrons. The van der Waals surface area contributed by atoms with Crippen LogP contribution < -0.4 is 0 Å². The van der Waals surface area contributed by atoms with Gasteiger partial charge in [0.2, 0.25) is 0 Å². The lowest BCUT2D eigenvalue weighted by Crippen LogP contribution is -2.41. The molecule has 0 spiro atoms. The summed E-state index contributed by atoms with van der Waals surface area (Å²) in [6.45, 7) is 0.578. The second kappa shape index (κ2) is 4.00. The van der Waals surface area contributed by atoms with E-state index in [1.165, 1.54) is 0 Å². The van der Waals surface area contributed by atoms with Crippen LogP contribution in [0.3, 0.4) is 0 Å². The van der Waals surface area contributed by atoms with E-state index < -0.39 is 17.8 Å². The van der Waals surface area contributed by atoms with Gasteiger partial charge in [0.05, 0.1) is 7.11 Å². The fourth-order valence-corrected chi connectivity index (χ4v) is 1.36. The van der Waals surface area contributed by atoms with Gasteiger partial charge in [0.15, 0.2) is 0 Å². The van der Waals surface area contributed by atoms with Gasteiger partial charge in [-0.1, -0.05) is 0 Å². The fraction of sp³-hybridized carbons (Fsp3) is 0.875. The summed E-state index contributed by atoms with van der Waals surface area (Å²) in [5, 5.41) is 0. The first-order valence-electron chi connectivity index (χ1n) is 4.13. The molecular formula is C8H12F2O3. The van der Waals surface area contributed by atoms with Gasteiger partial charge in [0.1, 0.15) is 0 Å². The number of esters is 1. The third kappa shape index (κ3) is 2.15. The summed E-state index contributed by atoms with van der Waals surface area (Å²) < 4.78 is 35.3. The smallest absolute Gasteiger partial charge is 0.377 e. The van der Waals surface area contributed by atoms with E-state index in [4.69, 9.17) is 4.74 Å². The number of carbonyl (C=O) groups is 1. The molecule has 0 atom stereocenters. The molecule has 13 heavy (non-hydrogen) atoms. The predicted molar refractivity (Wildman–Crippen MR) is 40.5 cm³/mol. The molecular weight excluding hydrogens is 182 g/mol. The van der Waals surface area contributed by atoms with E-state index >= 15 is 0 Å². The number of halogens is 2. The molecule has 0 saturated carbocycles. The number of methoxy groups -OCH3 is 1. The predicted octanol–water partition coefficient (Wildman–Crippen LogP) is 1.22. The van der Waals surface area contributed by atoms with Gasteiger partial charge >= 0.3 is 11.9 Å². The molecule has 0 aromatic carbocycles. The van der Waals surface area contributed by atoms with Crippen molar-refractivity contribution in [1.82, 2.24) is 0 Å². The van der Waals surface area contributed by atoms with Crippen molar-refractivity contribution in [2.24, 2.45) is 5.92 Å². The van der Waals surface area contributed by atoms with Crippen molar-refractivity contribution in [3.05, 3.63) is 0 Å². The second-order valence-corrected chi connectivity index (χ2v) is 3.00. The highest BCUT2D eigenvalue weighted by atomic mass is 19.3. The molecule has 1 aliphatic rings. The summed E-state index contributed by atoms with van der Waals surface area (Å²) in [5.74, 6) is -5.74. The summed E-state index contributed by atoms with van der Waals surface area (Å²) in [6.07, 6.45) is 0.421. The van der Waals surface area contributed by atoms with E-state index in [1.54, 1.807) is 0 Å². The van der Waals surface area contributed by atoms with E-state index in [0.29, 0.717) is 0 Å². The Kier molecular flexibility index (Phi) is 3.19. The first kappa shape index (κ1) is 10.4. The summed E-state index contributed by atoms with van der Waals surface area (Å²) >= 11 is 0. The Balaban J connectivity index is 2.60. The van der Waals surface area contributed by atoms with Crippen molar-refractivity contribution in [3.8, 4) is 0 Å². The highest BCUT2D eigenvalue weighted by Gasteiger charge is 2.48. The van der Waals surface area contributed by atoms with Gasteiger partial charge in [-0.05, 0) is 12.8 Å². The molecule has 0 aromatic heterocycles. The minimum absolute atomic E-state index is 0.210. The molecule has 0 aromatic rings. The Hall–Kier alpha value is -0.710. The fourth-order valence-electron chi connectivity index (χ4n) is 1.36. The molecule has 76 valence electrons. The van der Waals surface area contributed by atoms with Crippen molar-refractivity contribution < 1.29 is 23.0 Å². The third-order valence-corrected chi connectivity index (χ3v) is 2.19. The van der Waals surface area contributed by atoms with Crippen LogP contribution in [0.2, 0.25) is 0 Å². The van der Waals surface area contributed by atoms with E-state index in [1.807, 2.05) is 0 Å². The summed E-state index contributed by atoms with van der Waals surface area (Å²) in [5.41, 5.74) is 0. The normalized spacial score (nSPS) is 19.9. The molecule has 1 aliphatic heterocycles. The van der Waals surface area contributed by atoms with Gasteiger partial charge < -0.3 is 9.47 Å². The maximum Gasteiger partial charge on any atom is 0.377 e. The van der Waals surface area contributed by atoms with Crippen LogP contribution in [-0.4, -0.2) is 32.2 Å². The minimum atomic E-state index is -3.36. The maximum absolute atomic E-state index is 13.2. The lowest BCUT2D eigenvalue weighted by atomic mass is 9.93. The average molecular weight is 194 g/mol. The topological polar surface area (TPSA) is 35.5 Å². The monoisotopic (exact) mass is 194 g/mol. The Morgan fingerprint density at radius 2 is 2.00 bits per heavy atom. The van der Waals surface area contributed by atoms with Crippen molar-refractivity contribution in [1.29, 1.82) is 0 Å². The highest BCUT2D eigenvalue weighted by molar-refractivity contribution is 5.77. The van der Waals surface area contributed by atoms with E-state index in [-0.39, 0.29) is 26.1 Å². The standard InChI is InChI=1S/C8H12F2O3/c1-12-7(11)8(9,10)6-2-4-13-5-3-6/h6H,2-5H2,1H3. The maximum atomic E-state index is 13.2. The molecule has 0 bridgehead atoms. The van der Waals surface area contributed by atoms with Crippen LogP contribution in [0.1, 0.15) is 12.8 Å². The molecule has 1 rings (SSSR count). The SMILES string of the molecule is COC(=O)C(F)(F)C1CCOCC1. The number of rotatable bonds is 2. The van der Waals surface area contributed by atoms with E-state index in [0.717, 1.165) is 7.11 Å². The van der Waals surface area contributed by atoms with Gasteiger partial charge in [-0.15, -0.1) is 0 Å². The minimum Gasteiger partial charge on any atom is -0.465 e. The zero-order valence-electron chi connectivity index (χ0n) is 7.39. The number of hydrogen-bond donors (Lipinski definition) is 0. The number of ether oxygens (including phenoxy) is 2. The third-order valence-electron chi connectivity index (χ3n) is 2.19. The molecule has 0 amide bonds. The summed E-state index contributed by atoms with van der Waals surface area (Å²) in [6, 6.07) is 0. The Labute approximate surface area is 75.0 Å². The molecule has 3 nitrogen and oxygen atoms in total. The van der Waals surface area contributed by atoms with Crippen LogP contribution in [0.4, 0.5) is 8.78 Å². The Morgan fingerprint density at radius 1 is 1.46 bits per heavy atom. The van der Waals surface area contributed by atoms with E-state index in [2.05, 4.69) is 4.74 Å². The van der Waals surface area contributed by atoms with E-state index in [9.17, 15) is 13.6 Å². The molecule has 5 heteroatoms. The van der Waals surface area contributed by atoms with Crippen LogP contribution in [0.5, 0.6) is 0 Å². The molecule has 1 heterocycles. The zero-order valence-corrected chi connectivity index (χ0v) is 7.39. The first-order valence-corrected chi connectivity index (χ1v) is 4.13. The average Bonchev–Trinajstić information content (AvgIpc) is 2.18. The van der Waals surface area contributed by atoms with Crippen LogP contribution in [0, 0.1) is 5.92 Å².